The monoisotopic (exact) mass is 380 g/mol. The highest BCUT2D eigenvalue weighted by Crippen LogP contribution is 2.41. The molecule has 2 saturated heterocycles. The van der Waals surface area contributed by atoms with Crippen LogP contribution in [0.3, 0.4) is 0 Å². The Morgan fingerprint density at radius 1 is 1.31 bits per heavy atom. The molecule has 2 amide bonds. The molecular formula is C16H16N2O7S. The molecule has 26 heavy (non-hydrogen) atoms. The van der Waals surface area contributed by atoms with Crippen LogP contribution in [0.15, 0.2) is 35.2 Å². The van der Waals surface area contributed by atoms with Crippen molar-refractivity contribution in [3.05, 3.63) is 30.3 Å². The molecular weight excluding hydrogens is 364 g/mol. The predicted molar refractivity (Wildman–Crippen MR) is 87.6 cm³/mol. The van der Waals surface area contributed by atoms with Gasteiger partial charge in [0.05, 0.1) is 0 Å². The van der Waals surface area contributed by atoms with Crippen molar-refractivity contribution in [2.45, 2.75) is 35.3 Å². The number of esters is 1. The number of hydroxylamine groups is 2. The molecule has 1 aromatic rings. The first-order chi connectivity index (χ1) is 12.3. The fraction of sp³-hybridized carbons (Fsp3) is 0.375. The van der Waals surface area contributed by atoms with Crippen molar-refractivity contribution in [2.24, 2.45) is 0 Å². The number of hydrogen-bond donors (Lipinski definition) is 2. The maximum absolute atomic E-state index is 12.4. The Labute approximate surface area is 152 Å². The Balaban J connectivity index is 1.81. The summed E-state index contributed by atoms with van der Waals surface area (Å²) in [6.07, 6.45) is -0.279. The van der Waals surface area contributed by atoms with Gasteiger partial charge in [0.2, 0.25) is 5.91 Å². The van der Waals surface area contributed by atoms with E-state index in [1.165, 1.54) is 6.92 Å². The second-order valence-electron chi connectivity index (χ2n) is 5.82. The summed E-state index contributed by atoms with van der Waals surface area (Å²) in [4.78, 5) is 53.7. The average molecular weight is 380 g/mol. The largest absolute Gasteiger partial charge is 0.477 e. The maximum atomic E-state index is 12.4. The minimum absolute atomic E-state index is 0.235. The van der Waals surface area contributed by atoms with Crippen molar-refractivity contribution in [3.63, 3.8) is 0 Å². The molecule has 2 aliphatic rings. The standard InChI is InChI=1S/C16H16N2O7S/c1-9(19)17-11-8-24-18(13(11)20)16(15(22)23)7-12(14(21)25-16)26-10-5-3-2-4-6-10/h2-6,11-12H,7-8H2,1H3,(H,17,19)(H,22,23)/t11-,12?,16?/m0/s1. The number of rotatable bonds is 5. The van der Waals surface area contributed by atoms with Gasteiger partial charge >= 0.3 is 17.7 Å². The van der Waals surface area contributed by atoms with E-state index in [2.05, 4.69) is 5.32 Å². The van der Waals surface area contributed by atoms with Gasteiger partial charge in [-0.25, -0.2) is 4.79 Å². The summed E-state index contributed by atoms with van der Waals surface area (Å²) in [7, 11) is 0. The number of benzene rings is 1. The van der Waals surface area contributed by atoms with Crippen LogP contribution in [0.25, 0.3) is 0 Å². The number of carbonyl (C=O) groups excluding carboxylic acids is 3. The van der Waals surface area contributed by atoms with Gasteiger partial charge in [0.25, 0.3) is 5.91 Å². The lowest BCUT2D eigenvalue weighted by Gasteiger charge is -2.30. The van der Waals surface area contributed by atoms with E-state index in [-0.39, 0.29) is 13.0 Å². The lowest BCUT2D eigenvalue weighted by molar-refractivity contribution is -0.256. The number of aliphatic carboxylic acids is 1. The van der Waals surface area contributed by atoms with Crippen LogP contribution >= 0.6 is 11.8 Å². The number of carbonyl (C=O) groups is 4. The highest BCUT2D eigenvalue weighted by Gasteiger charge is 2.62. The molecule has 0 bridgehead atoms. The second-order valence-corrected chi connectivity index (χ2v) is 7.09. The zero-order valence-corrected chi connectivity index (χ0v) is 14.5. The third kappa shape index (κ3) is 3.25. The van der Waals surface area contributed by atoms with Crippen LogP contribution in [0, 0.1) is 0 Å². The van der Waals surface area contributed by atoms with Gasteiger partial charge in [-0.05, 0) is 12.1 Å². The smallest absolute Gasteiger partial charge is 0.372 e. The number of ether oxygens (including phenoxy) is 1. The Hall–Kier alpha value is -2.59. The molecule has 0 radical (unpaired) electrons. The molecule has 0 aliphatic carbocycles. The van der Waals surface area contributed by atoms with Crippen molar-refractivity contribution in [3.8, 4) is 0 Å². The SMILES string of the molecule is CC(=O)N[C@H]1CON(C2(C(=O)O)CC(Sc3ccccc3)C(=O)O2)C1=O. The van der Waals surface area contributed by atoms with Gasteiger partial charge in [-0.1, -0.05) is 18.2 Å². The van der Waals surface area contributed by atoms with Gasteiger partial charge in [-0.2, -0.15) is 5.06 Å². The third-order valence-electron chi connectivity index (χ3n) is 3.92. The van der Waals surface area contributed by atoms with Crippen LogP contribution in [-0.4, -0.2) is 57.5 Å². The fourth-order valence-electron chi connectivity index (χ4n) is 2.76. The van der Waals surface area contributed by atoms with E-state index in [1.807, 2.05) is 6.07 Å². The lowest BCUT2D eigenvalue weighted by Crippen LogP contribution is -2.56. The molecule has 9 nitrogen and oxygen atoms in total. The molecule has 3 rings (SSSR count). The molecule has 138 valence electrons. The van der Waals surface area contributed by atoms with Crippen LogP contribution in [0.5, 0.6) is 0 Å². The lowest BCUT2D eigenvalue weighted by atomic mass is 10.1. The van der Waals surface area contributed by atoms with E-state index >= 15 is 0 Å². The average Bonchev–Trinajstić information content (AvgIpc) is 3.10. The van der Waals surface area contributed by atoms with Gasteiger partial charge < -0.3 is 15.2 Å². The summed E-state index contributed by atoms with van der Waals surface area (Å²) in [6, 6.07) is 7.93. The minimum atomic E-state index is -2.26. The van der Waals surface area contributed by atoms with Crippen molar-refractivity contribution < 1.29 is 33.9 Å². The summed E-state index contributed by atoms with van der Waals surface area (Å²) in [5, 5.41) is 11.8. The summed E-state index contributed by atoms with van der Waals surface area (Å²) in [6.45, 7) is 0.993. The molecule has 1 aromatic carbocycles. The minimum Gasteiger partial charge on any atom is -0.477 e. The van der Waals surface area contributed by atoms with E-state index < -0.39 is 40.8 Å². The Morgan fingerprint density at radius 3 is 2.62 bits per heavy atom. The molecule has 2 aliphatic heterocycles. The molecule has 2 N–H and O–H groups in total. The number of amides is 2. The third-order valence-corrected chi connectivity index (χ3v) is 5.11. The van der Waals surface area contributed by atoms with E-state index in [4.69, 9.17) is 9.57 Å². The zero-order valence-electron chi connectivity index (χ0n) is 13.7. The molecule has 2 unspecified atom stereocenters. The van der Waals surface area contributed by atoms with E-state index in [9.17, 15) is 24.3 Å². The number of thioether (sulfide) groups is 1. The van der Waals surface area contributed by atoms with E-state index in [1.54, 1.807) is 24.3 Å². The quantitative estimate of drug-likeness (QED) is 0.693. The van der Waals surface area contributed by atoms with Crippen LogP contribution in [0.1, 0.15) is 13.3 Å². The summed E-state index contributed by atoms with van der Waals surface area (Å²) >= 11 is 1.15. The van der Waals surface area contributed by atoms with Crippen molar-refractivity contribution >= 4 is 35.5 Å². The molecule has 0 spiro atoms. The number of nitrogens with one attached hydrogen (secondary N) is 1. The van der Waals surface area contributed by atoms with Crippen LogP contribution < -0.4 is 5.32 Å². The van der Waals surface area contributed by atoms with E-state index in [0.29, 0.717) is 5.06 Å². The normalized spacial score (nSPS) is 28.1. The molecule has 10 heteroatoms. The first-order valence-corrected chi connectivity index (χ1v) is 8.63. The maximum Gasteiger partial charge on any atom is 0.372 e. The number of cyclic esters (lactones) is 1. The van der Waals surface area contributed by atoms with Crippen molar-refractivity contribution in [1.82, 2.24) is 10.4 Å². The van der Waals surface area contributed by atoms with Crippen molar-refractivity contribution in [1.29, 1.82) is 0 Å². The van der Waals surface area contributed by atoms with Gasteiger partial charge in [0, 0.05) is 18.2 Å². The first kappa shape index (κ1) is 18.2. The number of carboxylic acids is 1. The molecule has 0 saturated carbocycles. The van der Waals surface area contributed by atoms with Gasteiger partial charge in [-0.15, -0.1) is 11.8 Å². The first-order valence-electron chi connectivity index (χ1n) is 7.75. The second kappa shape index (κ2) is 6.96. The predicted octanol–water partition coefficient (Wildman–Crippen LogP) is 0.154. The summed E-state index contributed by atoms with van der Waals surface area (Å²) in [5.41, 5.74) is -2.26. The molecule has 3 atom stereocenters. The van der Waals surface area contributed by atoms with Gasteiger partial charge in [0.1, 0.15) is 17.9 Å². The molecule has 0 aromatic heterocycles. The molecule has 2 heterocycles. The highest BCUT2D eigenvalue weighted by atomic mass is 32.2. The topological polar surface area (TPSA) is 122 Å². The number of nitrogens with zero attached hydrogens (tertiary/aromatic N) is 1. The van der Waals surface area contributed by atoms with Gasteiger partial charge in [-0.3, -0.25) is 19.2 Å². The Kier molecular flexibility index (Phi) is 4.88. The van der Waals surface area contributed by atoms with Crippen LogP contribution in [0.2, 0.25) is 0 Å². The summed E-state index contributed by atoms with van der Waals surface area (Å²) < 4.78 is 5.11. The Morgan fingerprint density at radius 2 is 2.00 bits per heavy atom. The fourth-order valence-corrected chi connectivity index (χ4v) is 3.86. The van der Waals surface area contributed by atoms with E-state index in [0.717, 1.165) is 16.7 Å². The van der Waals surface area contributed by atoms with Gasteiger partial charge in [0.15, 0.2) is 0 Å². The van der Waals surface area contributed by atoms with Crippen molar-refractivity contribution in [2.75, 3.05) is 6.61 Å². The Bertz CT molecular complexity index is 756. The van der Waals surface area contributed by atoms with Crippen LogP contribution in [-0.2, 0) is 28.8 Å². The van der Waals surface area contributed by atoms with Crippen LogP contribution in [0.4, 0.5) is 0 Å². The number of carboxylic acid groups (broad SMARTS) is 1. The summed E-state index contributed by atoms with van der Waals surface area (Å²) in [5.74, 6) is -3.50. The molecule has 2 fully saturated rings. The zero-order chi connectivity index (χ0) is 18.9. The highest BCUT2D eigenvalue weighted by molar-refractivity contribution is 8.00. The number of hydrogen-bond acceptors (Lipinski definition) is 7.